The molecule has 0 saturated carbocycles. The van der Waals surface area contributed by atoms with Crippen LogP contribution in [0.3, 0.4) is 0 Å². The summed E-state index contributed by atoms with van der Waals surface area (Å²) in [6.45, 7) is 7.04. The van der Waals surface area contributed by atoms with Crippen LogP contribution in [-0.2, 0) is 15.4 Å². The standard InChI is InChI=1S/C19H22ClNO4S/c1-13-10-15(5-6-16(13)20)26(22,23)21-12-19(2,3)14-4-7-17-18(11-14)25-9-8-24-17/h4-7,10-11,21H,8-9,12H2,1-3H3. The van der Waals surface area contributed by atoms with E-state index in [9.17, 15) is 8.42 Å². The Morgan fingerprint density at radius 3 is 2.46 bits per heavy atom. The molecule has 0 saturated heterocycles. The summed E-state index contributed by atoms with van der Waals surface area (Å²) in [5, 5.41) is 0.542. The lowest BCUT2D eigenvalue weighted by molar-refractivity contribution is 0.171. The van der Waals surface area contributed by atoms with Crippen LogP contribution < -0.4 is 14.2 Å². The molecule has 7 heteroatoms. The number of fused-ring (bicyclic) bond motifs is 1. The second kappa shape index (κ2) is 7.10. The Morgan fingerprint density at radius 2 is 1.77 bits per heavy atom. The van der Waals surface area contributed by atoms with E-state index in [0.717, 1.165) is 11.1 Å². The fourth-order valence-electron chi connectivity index (χ4n) is 2.71. The SMILES string of the molecule is Cc1cc(S(=O)(=O)NCC(C)(C)c2ccc3c(c2)OCCO3)ccc1Cl. The Morgan fingerprint density at radius 1 is 1.08 bits per heavy atom. The highest BCUT2D eigenvalue weighted by atomic mass is 35.5. The van der Waals surface area contributed by atoms with Crippen LogP contribution in [0.2, 0.25) is 5.02 Å². The maximum absolute atomic E-state index is 12.6. The van der Waals surface area contributed by atoms with Gasteiger partial charge in [0.2, 0.25) is 10.0 Å². The molecule has 0 atom stereocenters. The Labute approximate surface area is 159 Å². The maximum atomic E-state index is 12.6. The van der Waals surface area contributed by atoms with E-state index in [-0.39, 0.29) is 11.4 Å². The van der Waals surface area contributed by atoms with Crippen LogP contribution in [0.25, 0.3) is 0 Å². The van der Waals surface area contributed by atoms with Gasteiger partial charge in [0, 0.05) is 17.0 Å². The normalized spacial score (nSPS) is 14.3. The highest BCUT2D eigenvalue weighted by Gasteiger charge is 2.26. The lowest BCUT2D eigenvalue weighted by Crippen LogP contribution is -2.36. The fraction of sp³-hybridized carbons (Fsp3) is 0.368. The van der Waals surface area contributed by atoms with Gasteiger partial charge in [-0.1, -0.05) is 31.5 Å². The third-order valence-electron chi connectivity index (χ3n) is 4.47. The van der Waals surface area contributed by atoms with Gasteiger partial charge in [-0.25, -0.2) is 13.1 Å². The zero-order valence-corrected chi connectivity index (χ0v) is 16.6. The number of halogens is 1. The van der Waals surface area contributed by atoms with Crippen molar-refractivity contribution in [3.05, 3.63) is 52.5 Å². The molecule has 0 amide bonds. The summed E-state index contributed by atoms with van der Waals surface area (Å²) in [5.74, 6) is 1.41. The quantitative estimate of drug-likeness (QED) is 0.838. The lowest BCUT2D eigenvalue weighted by atomic mass is 9.84. The summed E-state index contributed by atoms with van der Waals surface area (Å²) in [5.41, 5.74) is 1.27. The molecule has 0 unspecified atom stereocenters. The molecular weight excluding hydrogens is 374 g/mol. The molecule has 1 aliphatic rings. The molecule has 2 aromatic carbocycles. The molecule has 1 aliphatic heterocycles. The van der Waals surface area contributed by atoms with Crippen LogP contribution >= 0.6 is 11.6 Å². The molecule has 5 nitrogen and oxygen atoms in total. The molecule has 1 heterocycles. The lowest BCUT2D eigenvalue weighted by Gasteiger charge is -2.27. The molecule has 3 rings (SSSR count). The largest absolute Gasteiger partial charge is 0.486 e. The van der Waals surface area contributed by atoms with E-state index in [2.05, 4.69) is 4.72 Å². The third-order valence-corrected chi connectivity index (χ3v) is 6.29. The predicted molar refractivity (Wildman–Crippen MR) is 102 cm³/mol. The van der Waals surface area contributed by atoms with E-state index < -0.39 is 15.4 Å². The van der Waals surface area contributed by atoms with Crippen molar-refractivity contribution in [3.63, 3.8) is 0 Å². The number of hydrogen-bond donors (Lipinski definition) is 1. The van der Waals surface area contributed by atoms with Crippen molar-refractivity contribution >= 4 is 21.6 Å². The van der Waals surface area contributed by atoms with Crippen LogP contribution in [0.15, 0.2) is 41.3 Å². The number of sulfonamides is 1. The van der Waals surface area contributed by atoms with Gasteiger partial charge in [-0.3, -0.25) is 0 Å². The van der Waals surface area contributed by atoms with Gasteiger partial charge in [0.15, 0.2) is 11.5 Å². The summed E-state index contributed by atoms with van der Waals surface area (Å²) >= 11 is 5.98. The van der Waals surface area contributed by atoms with Crippen LogP contribution in [0.1, 0.15) is 25.0 Å². The molecule has 140 valence electrons. The van der Waals surface area contributed by atoms with E-state index in [4.69, 9.17) is 21.1 Å². The Kier molecular flexibility index (Phi) is 5.19. The summed E-state index contributed by atoms with van der Waals surface area (Å²) in [7, 11) is -3.62. The number of ether oxygens (including phenoxy) is 2. The number of aryl methyl sites for hydroxylation is 1. The smallest absolute Gasteiger partial charge is 0.240 e. The molecule has 0 radical (unpaired) electrons. The van der Waals surface area contributed by atoms with Gasteiger partial charge in [0.25, 0.3) is 0 Å². The number of rotatable bonds is 5. The topological polar surface area (TPSA) is 64.6 Å². The Hall–Kier alpha value is -1.76. The van der Waals surface area contributed by atoms with Crippen LogP contribution in [0.4, 0.5) is 0 Å². The number of nitrogens with one attached hydrogen (secondary N) is 1. The first-order valence-corrected chi connectivity index (χ1v) is 10.2. The predicted octanol–water partition coefficient (Wildman–Crippen LogP) is 3.68. The van der Waals surface area contributed by atoms with Gasteiger partial charge in [-0.15, -0.1) is 0 Å². The minimum atomic E-state index is -3.62. The van der Waals surface area contributed by atoms with Gasteiger partial charge in [-0.05, 0) is 48.4 Å². The van der Waals surface area contributed by atoms with Gasteiger partial charge < -0.3 is 9.47 Å². The van der Waals surface area contributed by atoms with Crippen LogP contribution in [0.5, 0.6) is 11.5 Å². The molecule has 1 N–H and O–H groups in total. The first-order valence-electron chi connectivity index (χ1n) is 8.35. The van der Waals surface area contributed by atoms with Crippen molar-refractivity contribution in [3.8, 4) is 11.5 Å². The second-order valence-corrected chi connectivity index (χ2v) is 9.15. The number of benzene rings is 2. The summed E-state index contributed by atoms with van der Waals surface area (Å²) in [6, 6.07) is 10.4. The van der Waals surface area contributed by atoms with Crippen molar-refractivity contribution in [1.82, 2.24) is 4.72 Å². The second-order valence-electron chi connectivity index (χ2n) is 6.98. The maximum Gasteiger partial charge on any atom is 0.240 e. The van der Waals surface area contributed by atoms with Gasteiger partial charge in [-0.2, -0.15) is 0 Å². The van der Waals surface area contributed by atoms with E-state index in [0.29, 0.717) is 29.7 Å². The van der Waals surface area contributed by atoms with Gasteiger partial charge in [0.05, 0.1) is 4.90 Å². The molecule has 0 spiro atoms. The zero-order valence-electron chi connectivity index (χ0n) is 15.0. The molecule has 0 fully saturated rings. The molecular formula is C19H22ClNO4S. The van der Waals surface area contributed by atoms with E-state index in [1.165, 1.54) is 6.07 Å². The summed E-state index contributed by atoms with van der Waals surface area (Å²) in [4.78, 5) is 0.206. The van der Waals surface area contributed by atoms with E-state index >= 15 is 0 Å². The van der Waals surface area contributed by atoms with Crippen molar-refractivity contribution in [2.24, 2.45) is 0 Å². The van der Waals surface area contributed by atoms with Crippen molar-refractivity contribution in [2.45, 2.75) is 31.1 Å². The van der Waals surface area contributed by atoms with Crippen LogP contribution in [-0.4, -0.2) is 28.2 Å². The van der Waals surface area contributed by atoms with Crippen LogP contribution in [0, 0.1) is 6.92 Å². The molecule has 0 aromatic heterocycles. The van der Waals surface area contributed by atoms with Crippen molar-refractivity contribution in [1.29, 1.82) is 0 Å². The highest BCUT2D eigenvalue weighted by Crippen LogP contribution is 2.35. The molecule has 0 aliphatic carbocycles. The molecule has 0 bridgehead atoms. The third kappa shape index (κ3) is 3.98. The Bertz CT molecular complexity index is 925. The highest BCUT2D eigenvalue weighted by molar-refractivity contribution is 7.89. The van der Waals surface area contributed by atoms with Gasteiger partial charge >= 0.3 is 0 Å². The fourth-order valence-corrected chi connectivity index (χ4v) is 4.12. The summed E-state index contributed by atoms with van der Waals surface area (Å²) < 4.78 is 39.1. The van der Waals surface area contributed by atoms with E-state index in [1.807, 2.05) is 32.0 Å². The monoisotopic (exact) mass is 395 g/mol. The van der Waals surface area contributed by atoms with E-state index in [1.54, 1.807) is 19.1 Å². The molecule has 2 aromatic rings. The van der Waals surface area contributed by atoms with Crippen molar-refractivity contribution < 1.29 is 17.9 Å². The zero-order chi connectivity index (χ0) is 18.9. The number of hydrogen-bond acceptors (Lipinski definition) is 4. The Balaban J connectivity index is 1.78. The first kappa shape index (κ1) is 19.0. The molecule has 26 heavy (non-hydrogen) atoms. The average molecular weight is 396 g/mol. The minimum absolute atomic E-state index is 0.206. The minimum Gasteiger partial charge on any atom is -0.486 e. The van der Waals surface area contributed by atoms with Crippen molar-refractivity contribution in [2.75, 3.05) is 19.8 Å². The first-order chi connectivity index (χ1) is 12.2. The summed E-state index contributed by atoms with van der Waals surface area (Å²) in [6.07, 6.45) is 0. The van der Waals surface area contributed by atoms with Gasteiger partial charge in [0.1, 0.15) is 13.2 Å². The average Bonchev–Trinajstić information content (AvgIpc) is 2.62.